The highest BCUT2D eigenvalue weighted by Gasteiger charge is 2.28. The van der Waals surface area contributed by atoms with Crippen LogP contribution in [0.3, 0.4) is 0 Å². The van der Waals surface area contributed by atoms with Gasteiger partial charge in [-0.2, -0.15) is 0 Å². The van der Waals surface area contributed by atoms with Crippen molar-refractivity contribution in [3.05, 3.63) is 93.7 Å². The van der Waals surface area contributed by atoms with E-state index in [1.54, 1.807) is 12.1 Å². The Balaban J connectivity index is 1.29. The molecule has 1 aliphatic carbocycles. The topological polar surface area (TPSA) is 38.3 Å². The summed E-state index contributed by atoms with van der Waals surface area (Å²) in [7, 11) is 0. The lowest BCUT2D eigenvalue weighted by atomic mass is 9.98. The molecule has 3 aromatic carbocycles. The Kier molecular flexibility index (Phi) is 6.15. The lowest BCUT2D eigenvalue weighted by Crippen LogP contribution is -2.26. The second-order valence-corrected chi connectivity index (χ2v) is 7.79. The summed E-state index contributed by atoms with van der Waals surface area (Å²) >= 11 is 3.14. The molecule has 150 valence electrons. The van der Waals surface area contributed by atoms with E-state index in [1.165, 1.54) is 28.3 Å². The molecular weight excluding hydrogens is 445 g/mol. The summed E-state index contributed by atoms with van der Waals surface area (Å²) in [5.41, 5.74) is 5.48. The number of benzene rings is 3. The van der Waals surface area contributed by atoms with Crippen LogP contribution in [-0.2, 0) is 4.74 Å². The second kappa shape index (κ2) is 9.15. The average Bonchev–Trinajstić information content (AvgIpc) is 3.08. The SMILES string of the molecule is O=C(NCCC#Cc1ccc(F)c(Br)c1)OCC1c2ccccc2-c2ccccc21. The molecule has 0 unspecified atom stereocenters. The monoisotopic (exact) mass is 463 g/mol. The van der Waals surface area contributed by atoms with Crippen LogP contribution in [0.1, 0.15) is 29.0 Å². The number of hydrogen-bond acceptors (Lipinski definition) is 2. The first-order valence-corrected chi connectivity index (χ1v) is 10.5. The lowest BCUT2D eigenvalue weighted by molar-refractivity contribution is 0.143. The van der Waals surface area contributed by atoms with Crippen LogP contribution < -0.4 is 5.32 Å². The van der Waals surface area contributed by atoms with Crippen molar-refractivity contribution in [1.82, 2.24) is 5.32 Å². The largest absolute Gasteiger partial charge is 0.449 e. The molecule has 0 aromatic heterocycles. The highest BCUT2D eigenvalue weighted by Crippen LogP contribution is 2.44. The Morgan fingerprint density at radius 2 is 1.70 bits per heavy atom. The van der Waals surface area contributed by atoms with Crippen molar-refractivity contribution in [2.45, 2.75) is 12.3 Å². The van der Waals surface area contributed by atoms with Crippen LogP contribution in [0.5, 0.6) is 0 Å². The summed E-state index contributed by atoms with van der Waals surface area (Å²) in [5, 5.41) is 2.73. The molecule has 1 N–H and O–H groups in total. The van der Waals surface area contributed by atoms with Gasteiger partial charge in [0, 0.05) is 24.4 Å². The van der Waals surface area contributed by atoms with Gasteiger partial charge in [0.05, 0.1) is 4.47 Å². The van der Waals surface area contributed by atoms with E-state index in [1.807, 2.05) is 24.3 Å². The average molecular weight is 464 g/mol. The van der Waals surface area contributed by atoms with Crippen LogP contribution in [0.15, 0.2) is 71.2 Å². The Morgan fingerprint density at radius 3 is 2.37 bits per heavy atom. The molecule has 0 bridgehead atoms. The number of hydrogen-bond donors (Lipinski definition) is 1. The lowest BCUT2D eigenvalue weighted by Gasteiger charge is -2.14. The van der Waals surface area contributed by atoms with Crippen LogP contribution in [0.2, 0.25) is 0 Å². The molecule has 3 nitrogen and oxygen atoms in total. The number of carbonyl (C=O) groups is 1. The Morgan fingerprint density at radius 1 is 1.03 bits per heavy atom. The van der Waals surface area contributed by atoms with Gasteiger partial charge in [-0.3, -0.25) is 0 Å². The highest BCUT2D eigenvalue weighted by molar-refractivity contribution is 9.10. The van der Waals surface area contributed by atoms with Gasteiger partial charge in [-0.25, -0.2) is 9.18 Å². The van der Waals surface area contributed by atoms with Gasteiger partial charge in [-0.05, 0) is 56.4 Å². The van der Waals surface area contributed by atoms with E-state index in [2.05, 4.69) is 57.4 Å². The molecular formula is C25H19BrFNO2. The maximum Gasteiger partial charge on any atom is 0.407 e. The molecule has 0 fully saturated rings. The van der Waals surface area contributed by atoms with E-state index in [9.17, 15) is 9.18 Å². The van der Waals surface area contributed by atoms with Crippen LogP contribution in [0.25, 0.3) is 11.1 Å². The molecule has 0 spiro atoms. The zero-order valence-electron chi connectivity index (χ0n) is 16.1. The fourth-order valence-electron chi connectivity index (χ4n) is 3.61. The van der Waals surface area contributed by atoms with Crippen molar-refractivity contribution in [1.29, 1.82) is 0 Å². The molecule has 3 aromatic rings. The first-order chi connectivity index (χ1) is 14.6. The highest BCUT2D eigenvalue weighted by atomic mass is 79.9. The number of carbonyl (C=O) groups excluding carboxylic acids is 1. The van der Waals surface area contributed by atoms with Crippen molar-refractivity contribution < 1.29 is 13.9 Å². The number of amides is 1. The Hall–Kier alpha value is -3.10. The zero-order valence-corrected chi connectivity index (χ0v) is 17.7. The van der Waals surface area contributed by atoms with Gasteiger partial charge in [-0.15, -0.1) is 0 Å². The summed E-state index contributed by atoms with van der Waals surface area (Å²) in [6.45, 7) is 0.668. The van der Waals surface area contributed by atoms with Crippen molar-refractivity contribution >= 4 is 22.0 Å². The number of ether oxygens (including phenoxy) is 1. The fourth-order valence-corrected chi connectivity index (χ4v) is 3.99. The second-order valence-electron chi connectivity index (χ2n) is 6.93. The van der Waals surface area contributed by atoms with Crippen molar-refractivity contribution in [3.63, 3.8) is 0 Å². The van der Waals surface area contributed by atoms with Gasteiger partial charge in [-0.1, -0.05) is 60.4 Å². The smallest absolute Gasteiger partial charge is 0.407 e. The zero-order chi connectivity index (χ0) is 20.9. The van der Waals surface area contributed by atoms with Crippen molar-refractivity contribution in [2.24, 2.45) is 0 Å². The van der Waals surface area contributed by atoms with E-state index < -0.39 is 6.09 Å². The number of rotatable bonds is 4. The van der Waals surface area contributed by atoms with Gasteiger partial charge < -0.3 is 10.1 Å². The van der Waals surface area contributed by atoms with Crippen LogP contribution in [0.4, 0.5) is 9.18 Å². The number of nitrogens with one attached hydrogen (secondary N) is 1. The first kappa shape index (κ1) is 20.2. The minimum atomic E-state index is -0.455. The molecule has 4 rings (SSSR count). The van der Waals surface area contributed by atoms with E-state index in [0.29, 0.717) is 23.0 Å². The third-order valence-corrected chi connectivity index (χ3v) is 5.62. The van der Waals surface area contributed by atoms with E-state index in [-0.39, 0.29) is 18.3 Å². The Labute approximate surface area is 183 Å². The predicted octanol–water partition coefficient (Wildman–Crippen LogP) is 5.87. The Bertz CT molecular complexity index is 1100. The third-order valence-electron chi connectivity index (χ3n) is 5.02. The first-order valence-electron chi connectivity index (χ1n) is 9.66. The van der Waals surface area contributed by atoms with Crippen LogP contribution >= 0.6 is 15.9 Å². The molecule has 5 heteroatoms. The molecule has 0 heterocycles. The molecule has 1 aliphatic rings. The molecule has 0 atom stereocenters. The van der Waals surface area contributed by atoms with E-state index in [4.69, 9.17) is 4.74 Å². The number of halogens is 2. The maximum atomic E-state index is 13.2. The van der Waals surface area contributed by atoms with E-state index >= 15 is 0 Å². The van der Waals surface area contributed by atoms with Crippen molar-refractivity contribution in [3.8, 4) is 23.0 Å². The minimum absolute atomic E-state index is 0.0415. The summed E-state index contributed by atoms with van der Waals surface area (Å²) < 4.78 is 19.1. The number of fused-ring (bicyclic) bond motifs is 3. The molecule has 0 saturated carbocycles. The maximum absolute atomic E-state index is 13.2. The van der Waals surface area contributed by atoms with Gasteiger partial charge in [0.1, 0.15) is 12.4 Å². The summed E-state index contributed by atoms with van der Waals surface area (Å²) in [5.74, 6) is 5.63. The number of alkyl carbamates (subject to hydrolysis) is 1. The minimum Gasteiger partial charge on any atom is -0.449 e. The predicted molar refractivity (Wildman–Crippen MR) is 119 cm³/mol. The summed E-state index contributed by atoms with van der Waals surface area (Å²) in [4.78, 5) is 12.1. The molecule has 1 amide bonds. The fraction of sp³-hybridized carbons (Fsp3) is 0.160. The molecule has 0 aliphatic heterocycles. The third kappa shape index (κ3) is 4.39. The van der Waals surface area contributed by atoms with Gasteiger partial charge in [0.2, 0.25) is 0 Å². The van der Waals surface area contributed by atoms with Gasteiger partial charge in [0.15, 0.2) is 0 Å². The summed E-state index contributed by atoms with van der Waals surface area (Å²) in [6, 6.07) is 21.1. The molecule has 0 saturated heterocycles. The molecule has 30 heavy (non-hydrogen) atoms. The quantitative estimate of drug-likeness (QED) is 0.388. The van der Waals surface area contributed by atoms with Crippen LogP contribution in [0, 0.1) is 17.7 Å². The van der Waals surface area contributed by atoms with Crippen molar-refractivity contribution in [2.75, 3.05) is 13.2 Å². The van der Waals surface area contributed by atoms with E-state index in [0.717, 1.165) is 0 Å². The van der Waals surface area contributed by atoms with Gasteiger partial charge >= 0.3 is 6.09 Å². The van der Waals surface area contributed by atoms with Gasteiger partial charge in [0.25, 0.3) is 0 Å². The normalized spacial score (nSPS) is 11.8. The summed E-state index contributed by atoms with van der Waals surface area (Å²) in [6.07, 6.45) is 0.0160. The molecule has 0 radical (unpaired) electrons. The van der Waals surface area contributed by atoms with Crippen LogP contribution in [-0.4, -0.2) is 19.2 Å². The standard InChI is InChI=1S/C25H19BrFNO2/c26-23-15-17(12-13-24(23)27)7-5-6-14-28-25(29)30-16-22-20-10-3-1-8-18(20)19-9-2-4-11-21(19)22/h1-4,8-13,15,22H,6,14,16H2,(H,28,29).